The molecule has 2 aromatic rings. The summed E-state index contributed by atoms with van der Waals surface area (Å²) in [5, 5.41) is 15.9. The summed E-state index contributed by atoms with van der Waals surface area (Å²) in [5.74, 6) is -5.31. The van der Waals surface area contributed by atoms with Crippen LogP contribution in [-0.4, -0.2) is 76.0 Å². The van der Waals surface area contributed by atoms with E-state index >= 15 is 0 Å². The van der Waals surface area contributed by atoms with E-state index in [1.54, 1.807) is 0 Å². The highest BCUT2D eigenvalue weighted by Crippen LogP contribution is 2.44. The van der Waals surface area contributed by atoms with E-state index in [-0.39, 0.29) is 23.7 Å². The van der Waals surface area contributed by atoms with Gasteiger partial charge in [0.15, 0.2) is 0 Å². The van der Waals surface area contributed by atoms with Crippen LogP contribution in [0.3, 0.4) is 0 Å². The lowest BCUT2D eigenvalue weighted by atomic mass is 9.83. The number of H-pyrrole nitrogens is 1. The fourth-order valence-electron chi connectivity index (χ4n) is 7.11. The van der Waals surface area contributed by atoms with Gasteiger partial charge in [-0.2, -0.15) is 27.1 Å². The van der Waals surface area contributed by atoms with Crippen LogP contribution in [0.25, 0.3) is 0 Å². The van der Waals surface area contributed by atoms with E-state index in [0.29, 0.717) is 44.7 Å². The molecule has 3 unspecified atom stereocenters. The molecule has 1 aromatic carbocycles. The van der Waals surface area contributed by atoms with Crippen LogP contribution in [0, 0.1) is 11.8 Å². The van der Waals surface area contributed by atoms with Crippen molar-refractivity contribution in [1.82, 2.24) is 20.0 Å². The Morgan fingerprint density at radius 2 is 1.68 bits per heavy atom. The minimum Gasteiger partial charge on any atom is -0.480 e. The molecule has 3 heterocycles. The number of alkyl halides is 5. The van der Waals surface area contributed by atoms with E-state index in [1.165, 1.54) is 12.0 Å². The van der Waals surface area contributed by atoms with Gasteiger partial charge in [-0.25, -0.2) is 0 Å². The third-order valence-electron chi connectivity index (χ3n) is 9.24. The second kappa shape index (κ2) is 11.8. The standard InChI is InChI=1S/C29H37F5N4O2/c30-28(31,29(32,33)34)25-15-24(35-36-25)20-11-13-37(14-12-20)16-22-17-38(18-23(22)19-7-3-1-4-8-19)26(27(39)40)21-9-5-2-6-10-21/h1,3-4,7-8,15,20-23,26H,2,5-6,9-14,16-18H2,(H,35,36)(H,39,40). The van der Waals surface area contributed by atoms with Crippen molar-refractivity contribution >= 4 is 5.97 Å². The summed E-state index contributed by atoms with van der Waals surface area (Å²) in [6.45, 7) is 3.53. The van der Waals surface area contributed by atoms with Crippen LogP contribution in [0.1, 0.15) is 73.7 Å². The average molecular weight is 569 g/mol. The van der Waals surface area contributed by atoms with Crippen molar-refractivity contribution in [2.24, 2.45) is 11.8 Å². The Morgan fingerprint density at radius 1 is 1.00 bits per heavy atom. The Labute approximate surface area is 230 Å². The van der Waals surface area contributed by atoms with Crippen LogP contribution in [0.15, 0.2) is 36.4 Å². The number of halogens is 5. The van der Waals surface area contributed by atoms with E-state index in [9.17, 15) is 31.9 Å². The lowest BCUT2D eigenvalue weighted by Gasteiger charge is -2.35. The minimum atomic E-state index is -5.69. The first-order valence-corrected chi connectivity index (χ1v) is 14.3. The third-order valence-corrected chi connectivity index (χ3v) is 9.24. The number of hydrogen-bond donors (Lipinski definition) is 2. The summed E-state index contributed by atoms with van der Waals surface area (Å²) >= 11 is 0. The number of aromatic nitrogens is 2. The molecule has 3 atom stereocenters. The summed E-state index contributed by atoms with van der Waals surface area (Å²) in [4.78, 5) is 16.9. The number of nitrogens with zero attached hydrogens (tertiary/aromatic N) is 3. The summed E-state index contributed by atoms with van der Waals surface area (Å²) in [6, 6.07) is 10.6. The molecule has 220 valence electrons. The highest BCUT2D eigenvalue weighted by atomic mass is 19.4. The number of hydrogen-bond acceptors (Lipinski definition) is 4. The number of aromatic amines is 1. The quantitative estimate of drug-likeness (QED) is 0.383. The Morgan fingerprint density at radius 3 is 2.30 bits per heavy atom. The zero-order valence-corrected chi connectivity index (χ0v) is 22.4. The summed E-state index contributed by atoms with van der Waals surface area (Å²) in [6.07, 6.45) is 0.764. The molecule has 1 aromatic heterocycles. The van der Waals surface area contributed by atoms with Gasteiger partial charge < -0.3 is 10.0 Å². The van der Waals surface area contributed by atoms with Gasteiger partial charge in [0.25, 0.3) is 0 Å². The smallest absolute Gasteiger partial charge is 0.459 e. The van der Waals surface area contributed by atoms with Crippen LogP contribution in [0.4, 0.5) is 22.0 Å². The van der Waals surface area contributed by atoms with Crippen molar-refractivity contribution in [3.63, 3.8) is 0 Å². The fourth-order valence-corrected chi connectivity index (χ4v) is 7.11. The molecule has 2 N–H and O–H groups in total. The molecule has 2 aliphatic heterocycles. The fraction of sp³-hybridized carbons (Fsp3) is 0.655. The topological polar surface area (TPSA) is 72.5 Å². The maximum atomic E-state index is 13.7. The van der Waals surface area contributed by atoms with Crippen molar-refractivity contribution in [3.8, 4) is 0 Å². The molecule has 2 saturated heterocycles. The molecule has 5 rings (SSSR count). The van der Waals surface area contributed by atoms with Crippen LogP contribution in [0.5, 0.6) is 0 Å². The van der Waals surface area contributed by atoms with Gasteiger partial charge in [0.2, 0.25) is 0 Å². The van der Waals surface area contributed by atoms with E-state index in [4.69, 9.17) is 0 Å². The van der Waals surface area contributed by atoms with Crippen LogP contribution >= 0.6 is 0 Å². The SMILES string of the molecule is O=C(O)C(C1CCCCC1)N1CC(CN2CCC(c3cc(C(F)(F)C(F)(F)F)n[nH]3)CC2)C(c2ccccc2)C1. The van der Waals surface area contributed by atoms with Crippen LogP contribution < -0.4 is 0 Å². The Balaban J connectivity index is 1.25. The zero-order chi connectivity index (χ0) is 28.5. The first kappa shape index (κ1) is 29.0. The molecule has 0 spiro atoms. The van der Waals surface area contributed by atoms with Gasteiger partial charge in [-0.1, -0.05) is 49.6 Å². The van der Waals surface area contributed by atoms with Crippen molar-refractivity contribution in [2.75, 3.05) is 32.7 Å². The molecule has 0 bridgehead atoms. The van der Waals surface area contributed by atoms with Crippen molar-refractivity contribution in [2.45, 2.75) is 74.9 Å². The monoisotopic (exact) mass is 568 g/mol. The second-order valence-electron chi connectivity index (χ2n) is 11.8. The molecule has 0 radical (unpaired) electrons. The molecular formula is C29H37F5N4O2. The van der Waals surface area contributed by atoms with Gasteiger partial charge in [0.05, 0.1) is 0 Å². The maximum absolute atomic E-state index is 13.7. The first-order valence-electron chi connectivity index (χ1n) is 14.3. The van der Waals surface area contributed by atoms with Crippen molar-refractivity contribution in [3.05, 3.63) is 53.3 Å². The van der Waals surface area contributed by atoms with Gasteiger partial charge >= 0.3 is 18.1 Å². The third kappa shape index (κ3) is 6.05. The van der Waals surface area contributed by atoms with Crippen molar-refractivity contribution < 1.29 is 31.9 Å². The predicted octanol–water partition coefficient (Wildman–Crippen LogP) is 5.99. The lowest BCUT2D eigenvalue weighted by molar-refractivity contribution is -0.290. The number of rotatable bonds is 8. The van der Waals surface area contributed by atoms with E-state index in [1.807, 2.05) is 18.2 Å². The van der Waals surface area contributed by atoms with E-state index < -0.39 is 29.8 Å². The average Bonchev–Trinajstić information content (AvgIpc) is 3.58. The predicted molar refractivity (Wildman–Crippen MR) is 139 cm³/mol. The lowest BCUT2D eigenvalue weighted by Crippen LogP contribution is -2.46. The molecule has 1 saturated carbocycles. The second-order valence-corrected chi connectivity index (χ2v) is 11.8. The van der Waals surface area contributed by atoms with Crippen molar-refractivity contribution in [1.29, 1.82) is 0 Å². The Kier molecular flexibility index (Phi) is 8.52. The number of aliphatic carboxylic acids is 1. The molecule has 1 aliphatic carbocycles. The number of benzene rings is 1. The summed E-state index contributed by atoms with van der Waals surface area (Å²) < 4.78 is 65.7. The molecule has 40 heavy (non-hydrogen) atoms. The molecule has 3 fully saturated rings. The number of piperidine rings is 1. The normalized spacial score (nSPS) is 25.3. The maximum Gasteiger partial charge on any atom is 0.459 e. The Bertz CT molecular complexity index is 1130. The minimum absolute atomic E-state index is 0.168. The molecule has 11 heteroatoms. The van der Waals surface area contributed by atoms with Gasteiger partial charge in [0, 0.05) is 37.2 Å². The van der Waals surface area contributed by atoms with Crippen LogP contribution in [0.2, 0.25) is 0 Å². The molecular weight excluding hydrogens is 531 g/mol. The molecule has 6 nitrogen and oxygen atoms in total. The van der Waals surface area contributed by atoms with Gasteiger partial charge in [-0.3, -0.25) is 14.8 Å². The number of carboxylic acids is 1. The largest absolute Gasteiger partial charge is 0.480 e. The number of likely N-dealkylation sites (tertiary alicyclic amines) is 2. The zero-order valence-electron chi connectivity index (χ0n) is 22.4. The van der Waals surface area contributed by atoms with E-state index in [0.717, 1.165) is 38.3 Å². The summed E-state index contributed by atoms with van der Waals surface area (Å²) in [7, 11) is 0. The number of carboxylic acid groups (broad SMARTS) is 1. The Hall–Kier alpha value is -2.53. The van der Waals surface area contributed by atoms with Gasteiger partial charge in [-0.05, 0) is 62.2 Å². The number of nitrogens with one attached hydrogen (secondary N) is 1. The highest BCUT2D eigenvalue weighted by molar-refractivity contribution is 5.74. The van der Waals surface area contributed by atoms with Crippen LogP contribution in [-0.2, 0) is 10.7 Å². The first-order chi connectivity index (χ1) is 19.0. The van der Waals surface area contributed by atoms with Gasteiger partial charge in [-0.15, -0.1) is 0 Å². The number of carbonyl (C=O) groups is 1. The molecule has 0 amide bonds. The molecule has 3 aliphatic rings. The van der Waals surface area contributed by atoms with Gasteiger partial charge in [0.1, 0.15) is 11.7 Å². The summed E-state index contributed by atoms with van der Waals surface area (Å²) in [5.41, 5.74) is 0.220. The van der Waals surface area contributed by atoms with E-state index in [2.05, 4.69) is 32.1 Å². The highest BCUT2D eigenvalue weighted by Gasteiger charge is 2.60.